The van der Waals surface area contributed by atoms with Gasteiger partial charge >= 0.3 is 0 Å². The zero-order valence-corrected chi connectivity index (χ0v) is 15.4. The van der Waals surface area contributed by atoms with Crippen LogP contribution in [0.1, 0.15) is 37.4 Å². The number of halogens is 2. The molecular weight excluding hydrogens is 363 g/mol. The Morgan fingerprint density at radius 3 is 2.36 bits per heavy atom. The number of rotatable bonds is 4. The lowest BCUT2D eigenvalue weighted by atomic mass is 10.1. The van der Waals surface area contributed by atoms with Gasteiger partial charge in [0.15, 0.2) is 5.69 Å². The third-order valence-corrected chi connectivity index (χ3v) is 4.54. The van der Waals surface area contributed by atoms with E-state index in [1.165, 1.54) is 6.92 Å². The average Bonchev–Trinajstić information content (AvgIpc) is 2.57. The summed E-state index contributed by atoms with van der Waals surface area (Å²) in [6.45, 7) is 5.17. The molecule has 1 aromatic carbocycles. The van der Waals surface area contributed by atoms with Crippen molar-refractivity contribution in [3.63, 3.8) is 0 Å². The van der Waals surface area contributed by atoms with Gasteiger partial charge in [-0.05, 0) is 32.4 Å². The molecule has 0 fully saturated rings. The van der Waals surface area contributed by atoms with Crippen LogP contribution in [0, 0.1) is 18.3 Å². The van der Waals surface area contributed by atoms with Gasteiger partial charge in [-0.25, -0.2) is 0 Å². The number of benzene rings is 1. The zero-order valence-electron chi connectivity index (χ0n) is 13.9. The normalized spacial score (nSPS) is 12.3. The van der Waals surface area contributed by atoms with Gasteiger partial charge in [-0.2, -0.15) is 5.26 Å². The predicted octanol–water partition coefficient (Wildman–Crippen LogP) is 5.43. The van der Waals surface area contributed by atoms with Crippen molar-refractivity contribution in [2.24, 2.45) is 10.2 Å². The van der Waals surface area contributed by atoms with Crippen molar-refractivity contribution in [1.29, 1.82) is 5.26 Å². The van der Waals surface area contributed by atoms with Gasteiger partial charge in [0.25, 0.3) is 5.56 Å². The van der Waals surface area contributed by atoms with Gasteiger partial charge in [0.05, 0.1) is 10.0 Å². The van der Waals surface area contributed by atoms with E-state index >= 15 is 0 Å². The van der Waals surface area contributed by atoms with E-state index in [2.05, 4.69) is 10.2 Å². The monoisotopic (exact) mass is 378 g/mol. The van der Waals surface area contributed by atoms with Crippen LogP contribution in [0.3, 0.4) is 0 Å². The quantitative estimate of drug-likeness (QED) is 0.719. The van der Waals surface area contributed by atoms with Crippen LogP contribution in [-0.4, -0.2) is 9.67 Å². The first kappa shape index (κ1) is 19.0. The van der Waals surface area contributed by atoms with E-state index in [1.54, 1.807) is 25.1 Å². The van der Waals surface area contributed by atoms with Crippen LogP contribution in [-0.2, 0) is 0 Å². The van der Waals surface area contributed by atoms with E-state index in [1.807, 2.05) is 13.0 Å². The summed E-state index contributed by atoms with van der Waals surface area (Å²) in [5, 5.41) is 28.1. The van der Waals surface area contributed by atoms with Crippen molar-refractivity contribution < 1.29 is 5.11 Å². The second-order valence-corrected chi connectivity index (χ2v) is 6.30. The summed E-state index contributed by atoms with van der Waals surface area (Å²) < 4.78 is 1.15. The SMILES string of the molecule is CCC(C)n1c(O)c(C#N)c(C)c(N=Nc2c(Cl)cccc2Cl)c1=O. The minimum absolute atomic E-state index is 0.0147. The highest BCUT2D eigenvalue weighted by molar-refractivity contribution is 6.38. The van der Waals surface area contributed by atoms with E-state index in [0.29, 0.717) is 6.42 Å². The molecular formula is C17H16Cl2N4O2. The molecule has 2 rings (SSSR count). The van der Waals surface area contributed by atoms with Crippen LogP contribution in [0.25, 0.3) is 0 Å². The van der Waals surface area contributed by atoms with Gasteiger partial charge in [-0.3, -0.25) is 9.36 Å². The molecule has 0 bridgehead atoms. The summed E-state index contributed by atoms with van der Waals surface area (Å²) in [4.78, 5) is 12.7. The maximum absolute atomic E-state index is 12.7. The molecule has 1 unspecified atom stereocenters. The smallest absolute Gasteiger partial charge is 0.281 e. The lowest BCUT2D eigenvalue weighted by Crippen LogP contribution is -2.24. The zero-order chi connectivity index (χ0) is 18.7. The second-order valence-electron chi connectivity index (χ2n) is 5.49. The average molecular weight is 379 g/mol. The number of aromatic nitrogens is 1. The Bertz CT molecular complexity index is 925. The molecule has 0 saturated heterocycles. The molecule has 1 heterocycles. The van der Waals surface area contributed by atoms with Crippen LogP contribution in [0.15, 0.2) is 33.2 Å². The molecule has 0 saturated carbocycles. The van der Waals surface area contributed by atoms with Crippen molar-refractivity contribution in [3.8, 4) is 11.9 Å². The largest absolute Gasteiger partial charge is 0.493 e. The van der Waals surface area contributed by atoms with Crippen molar-refractivity contribution in [3.05, 3.63) is 49.7 Å². The molecule has 0 amide bonds. The topological polar surface area (TPSA) is 90.7 Å². The van der Waals surface area contributed by atoms with Gasteiger partial charge in [-0.1, -0.05) is 36.2 Å². The van der Waals surface area contributed by atoms with E-state index in [-0.39, 0.29) is 44.5 Å². The highest BCUT2D eigenvalue weighted by atomic mass is 35.5. The summed E-state index contributed by atoms with van der Waals surface area (Å²) in [6.07, 6.45) is 0.592. The Hall–Kier alpha value is -2.36. The number of azo groups is 1. The molecule has 130 valence electrons. The van der Waals surface area contributed by atoms with Crippen molar-refractivity contribution in [2.45, 2.75) is 33.2 Å². The summed E-state index contributed by atoms with van der Waals surface area (Å²) >= 11 is 12.1. The number of pyridine rings is 1. The van der Waals surface area contributed by atoms with E-state index in [4.69, 9.17) is 23.2 Å². The first-order valence-electron chi connectivity index (χ1n) is 7.57. The Kier molecular flexibility index (Phi) is 5.83. The fourth-order valence-corrected chi connectivity index (χ4v) is 2.78. The molecule has 0 aliphatic carbocycles. The first-order valence-corrected chi connectivity index (χ1v) is 8.32. The fraction of sp³-hybridized carbons (Fsp3) is 0.294. The molecule has 1 aromatic heterocycles. The van der Waals surface area contributed by atoms with Crippen LogP contribution in [0.2, 0.25) is 10.0 Å². The van der Waals surface area contributed by atoms with Crippen molar-refractivity contribution in [2.75, 3.05) is 0 Å². The lowest BCUT2D eigenvalue weighted by molar-refractivity contribution is 0.372. The van der Waals surface area contributed by atoms with Crippen molar-refractivity contribution in [1.82, 2.24) is 4.57 Å². The van der Waals surface area contributed by atoms with Crippen molar-refractivity contribution >= 4 is 34.6 Å². The lowest BCUT2D eigenvalue weighted by Gasteiger charge is -2.17. The van der Waals surface area contributed by atoms with Crippen LogP contribution < -0.4 is 5.56 Å². The first-order chi connectivity index (χ1) is 11.8. The third-order valence-electron chi connectivity index (χ3n) is 3.93. The Labute approximate surface area is 155 Å². The number of hydrogen-bond donors (Lipinski definition) is 1. The van der Waals surface area contributed by atoms with Gasteiger partial charge < -0.3 is 5.11 Å². The fourth-order valence-electron chi connectivity index (χ4n) is 2.30. The maximum atomic E-state index is 12.7. The van der Waals surface area contributed by atoms with Gasteiger partial charge in [0.2, 0.25) is 5.88 Å². The second kappa shape index (κ2) is 7.68. The summed E-state index contributed by atoms with van der Waals surface area (Å²) in [6, 6.07) is 6.47. The Morgan fingerprint density at radius 1 is 1.28 bits per heavy atom. The number of nitriles is 1. The number of aromatic hydroxyl groups is 1. The molecule has 0 aliphatic heterocycles. The third kappa shape index (κ3) is 3.53. The van der Waals surface area contributed by atoms with Crippen LogP contribution in [0.5, 0.6) is 5.88 Å². The molecule has 0 aliphatic rings. The summed E-state index contributed by atoms with van der Waals surface area (Å²) in [7, 11) is 0. The predicted molar refractivity (Wildman–Crippen MR) is 97.5 cm³/mol. The number of hydrogen-bond acceptors (Lipinski definition) is 5. The van der Waals surface area contributed by atoms with E-state index in [9.17, 15) is 15.2 Å². The molecule has 25 heavy (non-hydrogen) atoms. The van der Waals surface area contributed by atoms with E-state index < -0.39 is 5.56 Å². The molecule has 0 radical (unpaired) electrons. The summed E-state index contributed by atoms with van der Waals surface area (Å²) in [5.41, 5.74) is -0.109. The highest BCUT2D eigenvalue weighted by Crippen LogP contribution is 2.35. The van der Waals surface area contributed by atoms with Crippen LogP contribution in [0.4, 0.5) is 11.4 Å². The molecule has 8 heteroatoms. The van der Waals surface area contributed by atoms with Gasteiger partial charge in [-0.15, -0.1) is 10.2 Å². The molecule has 1 atom stereocenters. The minimum Gasteiger partial charge on any atom is -0.493 e. The Morgan fingerprint density at radius 2 is 1.84 bits per heavy atom. The maximum Gasteiger partial charge on any atom is 0.281 e. The molecule has 6 nitrogen and oxygen atoms in total. The van der Waals surface area contributed by atoms with Gasteiger partial charge in [0, 0.05) is 11.6 Å². The highest BCUT2D eigenvalue weighted by Gasteiger charge is 2.21. The summed E-state index contributed by atoms with van der Waals surface area (Å²) in [5.74, 6) is -0.367. The Balaban J connectivity index is 2.72. The van der Waals surface area contributed by atoms with Gasteiger partial charge in [0.1, 0.15) is 17.3 Å². The molecule has 2 aromatic rings. The molecule has 0 spiro atoms. The molecule has 1 N–H and O–H groups in total. The van der Waals surface area contributed by atoms with Crippen LogP contribution >= 0.6 is 23.2 Å². The van der Waals surface area contributed by atoms with E-state index in [0.717, 1.165) is 4.57 Å². The standard InChI is InChI=1S/C17H16Cl2N4O2/c1-4-9(2)23-16(24)11(8-20)10(3)14(17(23)25)21-22-15-12(18)6-5-7-13(15)19/h5-7,9,24H,4H2,1-3H3. The minimum atomic E-state index is -0.532. The number of nitrogens with zero attached hydrogens (tertiary/aromatic N) is 4.